The molecule has 2 aliphatic carbocycles. The van der Waals surface area contributed by atoms with Crippen molar-refractivity contribution in [1.29, 1.82) is 0 Å². The molecule has 1 aliphatic heterocycles. The molecule has 0 radical (unpaired) electrons. The van der Waals surface area contributed by atoms with Crippen molar-refractivity contribution in [1.82, 2.24) is 4.90 Å². The number of carbonyl (C=O) groups excluding carboxylic acids is 2. The molecule has 0 unspecified atom stereocenters. The summed E-state index contributed by atoms with van der Waals surface area (Å²) in [6, 6.07) is 3.78. The van der Waals surface area contributed by atoms with Crippen molar-refractivity contribution < 1.29 is 29.0 Å². The van der Waals surface area contributed by atoms with Gasteiger partial charge in [0.1, 0.15) is 13.2 Å². The number of methoxy groups -OCH3 is 1. The van der Waals surface area contributed by atoms with Gasteiger partial charge >= 0.3 is 5.97 Å². The Bertz CT molecular complexity index is 1200. The summed E-state index contributed by atoms with van der Waals surface area (Å²) in [4.78, 5) is 41.3. The zero-order valence-corrected chi connectivity index (χ0v) is 24.2. The average Bonchev–Trinajstić information content (AvgIpc) is 2.77. The van der Waals surface area contributed by atoms with E-state index in [1.807, 2.05) is 39.8 Å². The summed E-state index contributed by atoms with van der Waals surface area (Å²) in [5.74, 6) is -0.589. The Morgan fingerprint density at radius 2 is 1.62 bits per heavy atom. The summed E-state index contributed by atoms with van der Waals surface area (Å²) in [7, 11) is 1.56. The highest BCUT2D eigenvalue weighted by molar-refractivity contribution is 14.1. The highest BCUT2D eigenvalue weighted by atomic mass is 127. The van der Waals surface area contributed by atoms with E-state index in [2.05, 4.69) is 29.2 Å². The Morgan fingerprint density at radius 1 is 1.08 bits per heavy atom. The summed E-state index contributed by atoms with van der Waals surface area (Å²) in [6.07, 6.45) is 3.43. The van der Waals surface area contributed by atoms with Gasteiger partial charge in [-0.1, -0.05) is 40.3 Å². The molecule has 0 amide bonds. The SMILES string of the molecule is C=CCOc1c(I)cc(C2C3=C(CC(C)(C)CC3=O)N(CC(=O)O)C3=C2C(=O)CC(C)(C)C3)cc1OC. The topological polar surface area (TPSA) is 93.1 Å². The van der Waals surface area contributed by atoms with Crippen LogP contribution in [-0.2, 0) is 14.4 Å². The van der Waals surface area contributed by atoms with Crippen molar-refractivity contribution in [2.75, 3.05) is 20.3 Å². The quantitative estimate of drug-likeness (QED) is 0.312. The van der Waals surface area contributed by atoms with E-state index in [1.165, 1.54) is 0 Å². The van der Waals surface area contributed by atoms with Gasteiger partial charge in [0.05, 0.1) is 10.7 Å². The molecule has 0 fully saturated rings. The van der Waals surface area contributed by atoms with Gasteiger partial charge in [-0.25, -0.2) is 0 Å². The molecule has 1 aromatic carbocycles. The Morgan fingerprint density at radius 3 is 2.08 bits per heavy atom. The van der Waals surface area contributed by atoms with Crippen LogP contribution in [0.4, 0.5) is 0 Å². The minimum absolute atomic E-state index is 0.0446. The molecule has 1 heterocycles. The van der Waals surface area contributed by atoms with Gasteiger partial charge < -0.3 is 19.5 Å². The molecular formula is C29H34INO6. The van der Waals surface area contributed by atoms with Crippen LogP contribution in [0.5, 0.6) is 11.5 Å². The number of ether oxygens (including phenoxy) is 2. The number of hydrogen-bond acceptors (Lipinski definition) is 6. The number of benzene rings is 1. The van der Waals surface area contributed by atoms with Gasteiger partial charge in [0.2, 0.25) is 0 Å². The van der Waals surface area contributed by atoms with Gasteiger partial charge in [-0.05, 0) is 64.0 Å². The Hall–Kier alpha value is -2.62. The van der Waals surface area contributed by atoms with E-state index in [9.17, 15) is 19.5 Å². The van der Waals surface area contributed by atoms with Crippen LogP contribution in [-0.4, -0.2) is 47.8 Å². The molecule has 0 atom stereocenters. The summed E-state index contributed by atoms with van der Waals surface area (Å²) >= 11 is 2.18. The lowest BCUT2D eigenvalue weighted by Crippen LogP contribution is -2.45. The van der Waals surface area contributed by atoms with Crippen LogP contribution in [0.15, 0.2) is 47.3 Å². The second-order valence-corrected chi connectivity index (χ2v) is 12.8. The van der Waals surface area contributed by atoms with E-state index in [-0.39, 0.29) is 28.9 Å². The lowest BCUT2D eigenvalue weighted by Gasteiger charge is -2.48. The van der Waals surface area contributed by atoms with Crippen LogP contribution < -0.4 is 9.47 Å². The highest BCUT2D eigenvalue weighted by Gasteiger charge is 2.49. The fraction of sp³-hybridized carbons (Fsp3) is 0.483. The first-order valence-corrected chi connectivity index (χ1v) is 13.5. The Balaban J connectivity index is 2.01. The molecule has 3 aliphatic rings. The van der Waals surface area contributed by atoms with Gasteiger partial charge in [-0.2, -0.15) is 0 Å². The minimum Gasteiger partial charge on any atom is -0.493 e. The predicted molar refractivity (Wildman–Crippen MR) is 149 cm³/mol. The zero-order valence-electron chi connectivity index (χ0n) is 22.1. The smallest absolute Gasteiger partial charge is 0.323 e. The van der Waals surface area contributed by atoms with Crippen molar-refractivity contribution in [3.05, 3.63) is 56.5 Å². The molecule has 0 bridgehead atoms. The molecular weight excluding hydrogens is 585 g/mol. The molecule has 0 spiro atoms. The fourth-order valence-electron chi connectivity index (χ4n) is 5.90. The van der Waals surface area contributed by atoms with Crippen LogP contribution >= 0.6 is 22.6 Å². The molecule has 1 N–H and O–H groups in total. The van der Waals surface area contributed by atoms with Gasteiger partial charge in [-0.3, -0.25) is 14.4 Å². The van der Waals surface area contributed by atoms with Crippen LogP contribution in [0.1, 0.15) is 64.9 Å². The first-order chi connectivity index (χ1) is 17.3. The van der Waals surface area contributed by atoms with E-state index in [0.29, 0.717) is 54.9 Å². The maximum absolute atomic E-state index is 13.8. The monoisotopic (exact) mass is 619 g/mol. The van der Waals surface area contributed by atoms with E-state index in [1.54, 1.807) is 18.1 Å². The van der Waals surface area contributed by atoms with Crippen molar-refractivity contribution in [2.24, 2.45) is 10.8 Å². The number of Topliss-reactive ketones (excluding diaryl/α,β-unsaturated/α-hetero) is 2. The van der Waals surface area contributed by atoms with E-state index < -0.39 is 11.9 Å². The summed E-state index contributed by atoms with van der Waals surface area (Å²) in [6.45, 7) is 11.8. The maximum atomic E-state index is 13.8. The number of carbonyl (C=O) groups is 3. The van der Waals surface area contributed by atoms with Crippen LogP contribution in [0.3, 0.4) is 0 Å². The number of nitrogens with zero attached hydrogens (tertiary/aromatic N) is 1. The van der Waals surface area contributed by atoms with E-state index in [0.717, 1.165) is 20.5 Å². The third-order valence-electron chi connectivity index (χ3n) is 7.25. The lowest BCUT2D eigenvalue weighted by atomic mass is 9.63. The normalized spacial score (nSPS) is 21.0. The number of hydrogen-bond donors (Lipinski definition) is 1. The van der Waals surface area contributed by atoms with Crippen molar-refractivity contribution in [3.8, 4) is 11.5 Å². The first kappa shape index (κ1) is 27.4. The number of aliphatic carboxylic acids is 1. The third-order valence-corrected chi connectivity index (χ3v) is 8.05. The largest absolute Gasteiger partial charge is 0.493 e. The maximum Gasteiger partial charge on any atom is 0.323 e. The second-order valence-electron chi connectivity index (χ2n) is 11.6. The summed E-state index contributed by atoms with van der Waals surface area (Å²) in [5, 5.41) is 9.83. The van der Waals surface area contributed by atoms with E-state index in [4.69, 9.17) is 9.47 Å². The Kier molecular flexibility index (Phi) is 7.35. The third kappa shape index (κ3) is 5.22. The fourth-order valence-corrected chi connectivity index (χ4v) is 6.68. The zero-order chi connectivity index (χ0) is 27.3. The van der Waals surface area contributed by atoms with Crippen LogP contribution in [0, 0.1) is 14.4 Å². The first-order valence-electron chi connectivity index (χ1n) is 12.4. The van der Waals surface area contributed by atoms with E-state index >= 15 is 0 Å². The van der Waals surface area contributed by atoms with Gasteiger partial charge in [0, 0.05) is 41.3 Å². The molecule has 37 heavy (non-hydrogen) atoms. The summed E-state index contributed by atoms with van der Waals surface area (Å²) in [5.41, 5.74) is 2.63. The van der Waals surface area contributed by atoms with Crippen molar-refractivity contribution >= 4 is 40.1 Å². The minimum atomic E-state index is -0.997. The molecule has 0 saturated carbocycles. The predicted octanol–water partition coefficient (Wildman–Crippen LogP) is 5.63. The number of allylic oxidation sites excluding steroid dienone is 4. The van der Waals surface area contributed by atoms with Crippen LogP contribution in [0.2, 0.25) is 0 Å². The lowest BCUT2D eigenvalue weighted by molar-refractivity contribution is -0.138. The van der Waals surface area contributed by atoms with Gasteiger partial charge in [0.15, 0.2) is 23.1 Å². The molecule has 198 valence electrons. The number of ketones is 2. The molecule has 7 nitrogen and oxygen atoms in total. The second kappa shape index (κ2) is 9.93. The number of halogens is 1. The molecule has 0 saturated heterocycles. The molecule has 1 aromatic rings. The highest BCUT2D eigenvalue weighted by Crippen LogP contribution is 2.55. The van der Waals surface area contributed by atoms with Crippen LogP contribution in [0.25, 0.3) is 0 Å². The molecule has 8 heteroatoms. The molecule has 4 rings (SSSR count). The standard InChI is InChI=1S/C29H34INO6/c1-7-8-37-27-17(30)9-16(10-22(27)36-6)24-25-18(11-28(2,3)13-20(25)32)31(15-23(34)35)19-12-29(4,5)14-21(33)26(19)24/h7,9-10,24H,1,8,11-15H2,2-6H3,(H,34,35). The van der Waals surface area contributed by atoms with Gasteiger partial charge in [0.25, 0.3) is 0 Å². The number of rotatable bonds is 7. The van der Waals surface area contributed by atoms with Crippen molar-refractivity contribution in [2.45, 2.75) is 59.3 Å². The molecule has 0 aromatic heterocycles. The number of carboxylic acid groups (broad SMARTS) is 1. The summed E-state index contributed by atoms with van der Waals surface area (Å²) < 4.78 is 12.3. The Labute approximate surface area is 231 Å². The number of carboxylic acids is 1. The average molecular weight is 619 g/mol. The van der Waals surface area contributed by atoms with Crippen molar-refractivity contribution in [3.63, 3.8) is 0 Å². The van der Waals surface area contributed by atoms with Gasteiger partial charge in [-0.15, -0.1) is 0 Å².